The van der Waals surface area contributed by atoms with Crippen molar-refractivity contribution in [1.29, 1.82) is 0 Å². The second kappa shape index (κ2) is 7.44. The van der Waals surface area contributed by atoms with Crippen LogP contribution in [-0.4, -0.2) is 38.8 Å². The summed E-state index contributed by atoms with van der Waals surface area (Å²) in [6.45, 7) is 2.48. The van der Waals surface area contributed by atoms with E-state index >= 15 is 0 Å². The number of anilines is 1. The Balaban J connectivity index is 1.61. The summed E-state index contributed by atoms with van der Waals surface area (Å²) in [6, 6.07) is 12.4. The third kappa shape index (κ3) is 3.85. The van der Waals surface area contributed by atoms with Crippen molar-refractivity contribution < 1.29 is 4.74 Å². The molecule has 0 saturated carbocycles. The standard InChI is InChI=1S/C19H21N5O/c1-2-5-16(6-3-1)12-24(13-17-7-4-10-25-17)19-11-18(21-14-22-19)23-9-8-20-15-23/h1-3,5-6,8-9,11,14-15,17H,4,7,10,12-13H2/t17-/m0/s1. The number of imidazole rings is 1. The Hall–Kier alpha value is -2.73. The maximum atomic E-state index is 5.84. The molecule has 6 nitrogen and oxygen atoms in total. The summed E-state index contributed by atoms with van der Waals surface area (Å²) in [6.07, 6.45) is 9.48. The van der Waals surface area contributed by atoms with Gasteiger partial charge in [-0.3, -0.25) is 4.57 Å². The van der Waals surface area contributed by atoms with E-state index in [1.807, 2.05) is 22.9 Å². The lowest BCUT2D eigenvalue weighted by atomic mass is 10.2. The Morgan fingerprint density at radius 2 is 2.12 bits per heavy atom. The van der Waals surface area contributed by atoms with Crippen LogP contribution >= 0.6 is 0 Å². The number of aromatic nitrogens is 4. The fourth-order valence-electron chi connectivity index (χ4n) is 3.12. The van der Waals surface area contributed by atoms with Crippen LogP contribution in [0.15, 0.2) is 61.4 Å². The molecule has 3 heterocycles. The quantitative estimate of drug-likeness (QED) is 0.693. The first-order chi connectivity index (χ1) is 12.4. The summed E-state index contributed by atoms with van der Waals surface area (Å²) < 4.78 is 7.73. The van der Waals surface area contributed by atoms with Crippen LogP contribution in [0.1, 0.15) is 18.4 Å². The van der Waals surface area contributed by atoms with Gasteiger partial charge in [0, 0.05) is 38.2 Å². The fourth-order valence-corrected chi connectivity index (χ4v) is 3.12. The van der Waals surface area contributed by atoms with Gasteiger partial charge in [-0.25, -0.2) is 15.0 Å². The highest BCUT2D eigenvalue weighted by atomic mass is 16.5. The van der Waals surface area contributed by atoms with Crippen LogP contribution < -0.4 is 4.90 Å². The number of benzene rings is 1. The summed E-state index contributed by atoms with van der Waals surface area (Å²) in [5.74, 6) is 1.71. The molecule has 1 aliphatic rings. The van der Waals surface area contributed by atoms with Gasteiger partial charge in [0.25, 0.3) is 0 Å². The van der Waals surface area contributed by atoms with Gasteiger partial charge in [-0.05, 0) is 18.4 Å². The van der Waals surface area contributed by atoms with Crippen molar-refractivity contribution in [1.82, 2.24) is 19.5 Å². The molecule has 0 aliphatic carbocycles. The highest BCUT2D eigenvalue weighted by molar-refractivity contribution is 5.44. The van der Waals surface area contributed by atoms with E-state index in [0.717, 1.165) is 44.2 Å². The second-order valence-corrected chi connectivity index (χ2v) is 6.21. The molecule has 6 heteroatoms. The predicted octanol–water partition coefficient (Wildman–Crippen LogP) is 2.85. The van der Waals surface area contributed by atoms with Crippen LogP contribution in [0.4, 0.5) is 5.82 Å². The second-order valence-electron chi connectivity index (χ2n) is 6.21. The Kier molecular flexibility index (Phi) is 4.70. The first kappa shape index (κ1) is 15.8. The summed E-state index contributed by atoms with van der Waals surface area (Å²) in [5.41, 5.74) is 1.25. The average Bonchev–Trinajstić information content (AvgIpc) is 3.36. The molecule has 4 rings (SSSR count). The van der Waals surface area contributed by atoms with Gasteiger partial charge >= 0.3 is 0 Å². The Bertz CT molecular complexity index is 785. The van der Waals surface area contributed by atoms with Gasteiger partial charge < -0.3 is 9.64 Å². The third-order valence-corrected chi connectivity index (χ3v) is 4.40. The smallest absolute Gasteiger partial charge is 0.143 e. The predicted molar refractivity (Wildman–Crippen MR) is 95.6 cm³/mol. The van der Waals surface area contributed by atoms with E-state index in [2.05, 4.69) is 44.1 Å². The zero-order chi connectivity index (χ0) is 16.9. The molecule has 2 aromatic heterocycles. The van der Waals surface area contributed by atoms with E-state index < -0.39 is 0 Å². The van der Waals surface area contributed by atoms with Crippen LogP contribution in [0.25, 0.3) is 5.82 Å². The van der Waals surface area contributed by atoms with E-state index in [-0.39, 0.29) is 6.10 Å². The van der Waals surface area contributed by atoms with Crippen molar-refractivity contribution in [3.8, 4) is 5.82 Å². The normalized spacial score (nSPS) is 16.9. The van der Waals surface area contributed by atoms with Gasteiger partial charge in [0.15, 0.2) is 0 Å². The lowest BCUT2D eigenvalue weighted by molar-refractivity contribution is 0.115. The van der Waals surface area contributed by atoms with Gasteiger partial charge in [-0.15, -0.1) is 0 Å². The molecular formula is C19H21N5O. The van der Waals surface area contributed by atoms with Crippen molar-refractivity contribution in [2.45, 2.75) is 25.5 Å². The van der Waals surface area contributed by atoms with Gasteiger partial charge in [0.05, 0.1) is 6.10 Å². The van der Waals surface area contributed by atoms with Crippen LogP contribution in [-0.2, 0) is 11.3 Å². The van der Waals surface area contributed by atoms with Crippen molar-refractivity contribution in [3.05, 3.63) is 67.0 Å². The van der Waals surface area contributed by atoms with E-state index in [1.54, 1.807) is 18.9 Å². The summed E-state index contributed by atoms with van der Waals surface area (Å²) in [7, 11) is 0. The molecule has 1 aromatic carbocycles. The summed E-state index contributed by atoms with van der Waals surface area (Å²) >= 11 is 0. The molecule has 0 bridgehead atoms. The number of rotatable bonds is 6. The van der Waals surface area contributed by atoms with Gasteiger partial charge in [-0.1, -0.05) is 30.3 Å². The molecule has 0 N–H and O–H groups in total. The molecular weight excluding hydrogens is 314 g/mol. The molecule has 0 spiro atoms. The highest BCUT2D eigenvalue weighted by Gasteiger charge is 2.21. The van der Waals surface area contributed by atoms with E-state index in [9.17, 15) is 0 Å². The van der Waals surface area contributed by atoms with Gasteiger partial charge in [-0.2, -0.15) is 0 Å². The maximum absolute atomic E-state index is 5.84. The lowest BCUT2D eigenvalue weighted by Crippen LogP contribution is -2.32. The van der Waals surface area contributed by atoms with E-state index in [4.69, 9.17) is 4.74 Å². The number of hydrogen-bond donors (Lipinski definition) is 0. The minimum absolute atomic E-state index is 0.260. The van der Waals surface area contributed by atoms with Crippen LogP contribution in [0.3, 0.4) is 0 Å². The molecule has 1 atom stereocenters. The van der Waals surface area contributed by atoms with E-state index in [1.165, 1.54) is 5.56 Å². The lowest BCUT2D eigenvalue weighted by Gasteiger charge is -2.26. The highest BCUT2D eigenvalue weighted by Crippen LogP contribution is 2.21. The fraction of sp³-hybridized carbons (Fsp3) is 0.316. The molecule has 128 valence electrons. The monoisotopic (exact) mass is 335 g/mol. The molecule has 1 saturated heterocycles. The first-order valence-electron chi connectivity index (χ1n) is 8.59. The Morgan fingerprint density at radius 1 is 1.20 bits per heavy atom. The van der Waals surface area contributed by atoms with Crippen LogP contribution in [0.2, 0.25) is 0 Å². The first-order valence-corrected chi connectivity index (χ1v) is 8.59. The zero-order valence-corrected chi connectivity index (χ0v) is 14.0. The molecule has 25 heavy (non-hydrogen) atoms. The average molecular weight is 335 g/mol. The van der Waals surface area contributed by atoms with Crippen molar-refractivity contribution in [2.75, 3.05) is 18.1 Å². The van der Waals surface area contributed by atoms with Crippen molar-refractivity contribution in [2.24, 2.45) is 0 Å². The minimum atomic E-state index is 0.260. The van der Waals surface area contributed by atoms with Crippen molar-refractivity contribution in [3.63, 3.8) is 0 Å². The van der Waals surface area contributed by atoms with E-state index in [0.29, 0.717) is 0 Å². The number of hydrogen-bond acceptors (Lipinski definition) is 5. The summed E-state index contributed by atoms with van der Waals surface area (Å²) in [4.78, 5) is 15.2. The molecule has 1 aliphatic heterocycles. The maximum Gasteiger partial charge on any atom is 0.143 e. The minimum Gasteiger partial charge on any atom is -0.376 e. The molecule has 0 radical (unpaired) electrons. The number of nitrogens with zero attached hydrogens (tertiary/aromatic N) is 5. The molecule has 1 fully saturated rings. The summed E-state index contributed by atoms with van der Waals surface area (Å²) in [5, 5.41) is 0. The molecule has 3 aromatic rings. The third-order valence-electron chi connectivity index (χ3n) is 4.40. The number of ether oxygens (including phenoxy) is 1. The van der Waals surface area contributed by atoms with Gasteiger partial charge in [0.2, 0.25) is 0 Å². The van der Waals surface area contributed by atoms with Crippen LogP contribution in [0.5, 0.6) is 0 Å². The Labute approximate surface area is 147 Å². The van der Waals surface area contributed by atoms with Crippen molar-refractivity contribution >= 4 is 5.82 Å². The Morgan fingerprint density at radius 3 is 2.88 bits per heavy atom. The van der Waals surface area contributed by atoms with Crippen LogP contribution in [0, 0.1) is 0 Å². The SMILES string of the molecule is c1ccc(CN(C[C@@H]2CCCO2)c2cc(-n3ccnc3)ncn2)cc1. The van der Waals surface area contributed by atoms with Gasteiger partial charge in [0.1, 0.15) is 24.3 Å². The zero-order valence-electron chi connectivity index (χ0n) is 14.0. The topological polar surface area (TPSA) is 56.1 Å². The molecule has 0 amide bonds. The molecule has 0 unspecified atom stereocenters. The largest absolute Gasteiger partial charge is 0.376 e.